The van der Waals surface area contributed by atoms with E-state index in [0.717, 1.165) is 27.7 Å². The van der Waals surface area contributed by atoms with Gasteiger partial charge in [0.1, 0.15) is 11.3 Å². The molecule has 0 spiro atoms. The molecular formula is C28H18ClN5O2. The second-order valence-electron chi connectivity index (χ2n) is 8.09. The molecule has 0 fully saturated rings. The summed E-state index contributed by atoms with van der Waals surface area (Å²) in [5, 5.41) is 11.5. The third-order valence-corrected chi connectivity index (χ3v) is 5.99. The van der Waals surface area contributed by atoms with Gasteiger partial charge in [0.2, 0.25) is 0 Å². The smallest absolute Gasteiger partial charge is 0.345 e. The van der Waals surface area contributed by atoms with Crippen LogP contribution in [0.1, 0.15) is 5.56 Å². The molecule has 0 unspecified atom stereocenters. The van der Waals surface area contributed by atoms with Gasteiger partial charge in [-0.15, -0.1) is 0 Å². The molecule has 8 heteroatoms. The molecule has 0 aliphatic carbocycles. The van der Waals surface area contributed by atoms with Crippen molar-refractivity contribution in [2.75, 3.05) is 5.43 Å². The van der Waals surface area contributed by atoms with Crippen LogP contribution in [-0.4, -0.2) is 21.0 Å². The highest BCUT2D eigenvalue weighted by molar-refractivity contribution is 6.31. The van der Waals surface area contributed by atoms with Crippen LogP contribution in [-0.2, 0) is 0 Å². The molecule has 174 valence electrons. The number of aromatic nitrogens is 3. The van der Waals surface area contributed by atoms with E-state index in [1.54, 1.807) is 35.3 Å². The Morgan fingerprint density at radius 1 is 0.972 bits per heavy atom. The quantitative estimate of drug-likeness (QED) is 0.174. The van der Waals surface area contributed by atoms with Gasteiger partial charge in [0.05, 0.1) is 28.7 Å². The van der Waals surface area contributed by atoms with Crippen molar-refractivity contribution in [3.8, 4) is 16.9 Å². The van der Waals surface area contributed by atoms with Gasteiger partial charge in [-0.05, 0) is 48.5 Å². The fourth-order valence-corrected chi connectivity index (χ4v) is 4.19. The van der Waals surface area contributed by atoms with E-state index in [-0.39, 0.29) is 0 Å². The Morgan fingerprint density at radius 3 is 2.69 bits per heavy atom. The molecule has 3 heterocycles. The minimum absolute atomic E-state index is 0.355. The highest BCUT2D eigenvalue weighted by atomic mass is 35.5. The summed E-state index contributed by atoms with van der Waals surface area (Å²) >= 11 is 6.10. The van der Waals surface area contributed by atoms with Crippen LogP contribution in [0.3, 0.4) is 0 Å². The number of hydrogen-bond acceptors (Lipinski definition) is 6. The van der Waals surface area contributed by atoms with Crippen molar-refractivity contribution in [1.29, 1.82) is 0 Å². The second-order valence-corrected chi connectivity index (χ2v) is 8.52. The standard InChI is InChI=1S/C28H18ClN5O2/c29-20-10-11-22-24(12-13-30-25(22)15-20)32-31-16-19-17-34(21-7-2-1-3-8-21)33-27(19)23-14-18-6-4-5-9-26(18)36-28(23)35/h1-17H,(H,30,32)/b31-16+. The summed E-state index contributed by atoms with van der Waals surface area (Å²) in [5.41, 5.74) is 6.99. The van der Waals surface area contributed by atoms with Gasteiger partial charge >= 0.3 is 5.63 Å². The number of anilines is 1. The van der Waals surface area contributed by atoms with Crippen molar-refractivity contribution in [2.45, 2.75) is 0 Å². The molecule has 7 nitrogen and oxygen atoms in total. The van der Waals surface area contributed by atoms with Gasteiger partial charge in [0.15, 0.2) is 0 Å². The van der Waals surface area contributed by atoms with E-state index in [4.69, 9.17) is 21.1 Å². The van der Waals surface area contributed by atoms with Crippen LogP contribution in [0, 0.1) is 0 Å². The Labute approximate surface area is 210 Å². The van der Waals surface area contributed by atoms with Gasteiger partial charge in [0.25, 0.3) is 0 Å². The average Bonchev–Trinajstić information content (AvgIpc) is 3.32. The Balaban J connectivity index is 1.43. The monoisotopic (exact) mass is 491 g/mol. The van der Waals surface area contributed by atoms with E-state index in [2.05, 4.69) is 15.5 Å². The van der Waals surface area contributed by atoms with Crippen LogP contribution < -0.4 is 11.1 Å². The Hall–Kier alpha value is -4.75. The van der Waals surface area contributed by atoms with E-state index in [0.29, 0.717) is 27.4 Å². The van der Waals surface area contributed by atoms with Crippen molar-refractivity contribution in [1.82, 2.24) is 14.8 Å². The molecule has 36 heavy (non-hydrogen) atoms. The zero-order valence-corrected chi connectivity index (χ0v) is 19.6. The summed E-state index contributed by atoms with van der Waals surface area (Å²) < 4.78 is 7.28. The largest absolute Gasteiger partial charge is 0.422 e. The number of halogens is 1. The Morgan fingerprint density at radius 2 is 1.81 bits per heavy atom. The molecule has 0 aliphatic heterocycles. The number of rotatable bonds is 5. The first-order chi connectivity index (χ1) is 17.7. The summed E-state index contributed by atoms with van der Waals surface area (Å²) in [7, 11) is 0. The molecule has 0 aliphatic rings. The topological polar surface area (TPSA) is 85.3 Å². The molecule has 0 radical (unpaired) electrons. The lowest BCUT2D eigenvalue weighted by molar-refractivity contribution is 0.563. The van der Waals surface area contributed by atoms with Crippen molar-refractivity contribution in [3.63, 3.8) is 0 Å². The van der Waals surface area contributed by atoms with Crippen LogP contribution >= 0.6 is 11.6 Å². The third-order valence-electron chi connectivity index (χ3n) is 5.75. The molecule has 1 N–H and O–H groups in total. The lowest BCUT2D eigenvalue weighted by atomic mass is 10.1. The molecular weight excluding hydrogens is 474 g/mol. The van der Waals surface area contributed by atoms with Crippen LogP contribution in [0.2, 0.25) is 5.02 Å². The van der Waals surface area contributed by atoms with E-state index in [1.807, 2.05) is 72.9 Å². The summed E-state index contributed by atoms with van der Waals surface area (Å²) in [6, 6.07) is 26.2. The van der Waals surface area contributed by atoms with E-state index in [9.17, 15) is 4.79 Å². The zero-order chi connectivity index (χ0) is 24.5. The van der Waals surface area contributed by atoms with Gasteiger partial charge in [-0.3, -0.25) is 10.4 Å². The maximum atomic E-state index is 12.9. The number of para-hydroxylation sites is 2. The highest BCUT2D eigenvalue weighted by Gasteiger charge is 2.16. The molecule has 3 aromatic heterocycles. The lowest BCUT2D eigenvalue weighted by Gasteiger charge is -2.05. The van der Waals surface area contributed by atoms with E-state index in [1.165, 1.54) is 0 Å². The van der Waals surface area contributed by atoms with Crippen LogP contribution in [0.15, 0.2) is 112 Å². The number of benzene rings is 3. The fourth-order valence-electron chi connectivity index (χ4n) is 4.02. The van der Waals surface area contributed by atoms with Gasteiger partial charge in [-0.1, -0.05) is 48.0 Å². The summed E-state index contributed by atoms with van der Waals surface area (Å²) in [6.45, 7) is 0. The Kier molecular flexibility index (Phi) is 5.52. The zero-order valence-electron chi connectivity index (χ0n) is 18.8. The molecule has 0 amide bonds. The van der Waals surface area contributed by atoms with Crippen molar-refractivity contribution in [3.05, 3.63) is 118 Å². The molecule has 6 rings (SSSR count). The highest BCUT2D eigenvalue weighted by Crippen LogP contribution is 2.26. The lowest BCUT2D eigenvalue weighted by Crippen LogP contribution is -2.05. The maximum absolute atomic E-state index is 12.9. The fraction of sp³-hybridized carbons (Fsp3) is 0. The van der Waals surface area contributed by atoms with Crippen molar-refractivity contribution < 1.29 is 4.42 Å². The first kappa shape index (κ1) is 21.8. The van der Waals surface area contributed by atoms with Crippen LogP contribution in [0.5, 0.6) is 0 Å². The summed E-state index contributed by atoms with van der Waals surface area (Å²) in [4.78, 5) is 17.3. The number of pyridine rings is 1. The Bertz CT molecular complexity index is 1810. The van der Waals surface area contributed by atoms with Crippen LogP contribution in [0.25, 0.3) is 38.8 Å². The van der Waals surface area contributed by atoms with Crippen molar-refractivity contribution in [2.24, 2.45) is 5.10 Å². The summed E-state index contributed by atoms with van der Waals surface area (Å²) in [5.74, 6) is 0. The number of nitrogens with zero attached hydrogens (tertiary/aromatic N) is 4. The first-order valence-corrected chi connectivity index (χ1v) is 11.6. The van der Waals surface area contributed by atoms with Crippen LogP contribution in [0.4, 0.5) is 5.69 Å². The molecule has 6 aromatic rings. The first-order valence-electron chi connectivity index (χ1n) is 11.2. The van der Waals surface area contributed by atoms with E-state index >= 15 is 0 Å². The van der Waals surface area contributed by atoms with E-state index < -0.39 is 5.63 Å². The predicted octanol–water partition coefficient (Wildman–Crippen LogP) is 6.29. The molecule has 3 aromatic carbocycles. The minimum atomic E-state index is -0.466. The molecule has 0 atom stereocenters. The molecule has 0 saturated heterocycles. The second kappa shape index (κ2) is 9.13. The molecule has 0 saturated carbocycles. The number of nitrogens with one attached hydrogen (secondary N) is 1. The van der Waals surface area contributed by atoms with Gasteiger partial charge in [0, 0.05) is 33.8 Å². The number of hydrogen-bond donors (Lipinski definition) is 1. The number of fused-ring (bicyclic) bond motifs is 2. The maximum Gasteiger partial charge on any atom is 0.345 e. The van der Waals surface area contributed by atoms with Gasteiger partial charge in [-0.25, -0.2) is 9.48 Å². The average molecular weight is 492 g/mol. The number of hydrazone groups is 1. The van der Waals surface area contributed by atoms with Crippen molar-refractivity contribution >= 4 is 45.4 Å². The third kappa shape index (κ3) is 4.12. The summed E-state index contributed by atoms with van der Waals surface area (Å²) in [6.07, 6.45) is 5.16. The SMILES string of the molecule is O=c1oc2ccccc2cc1-c1nn(-c2ccccc2)cc1/C=N/Nc1ccnc2cc(Cl)ccc12. The normalized spacial score (nSPS) is 11.5. The van der Waals surface area contributed by atoms with Gasteiger partial charge in [-0.2, -0.15) is 10.2 Å². The minimum Gasteiger partial charge on any atom is -0.422 e. The predicted molar refractivity (Wildman–Crippen MR) is 143 cm³/mol. The molecule has 0 bridgehead atoms. The van der Waals surface area contributed by atoms with Gasteiger partial charge < -0.3 is 4.42 Å².